The minimum atomic E-state index is -3.81. The first-order valence-electron chi connectivity index (χ1n) is 7.32. The van der Waals surface area contributed by atoms with Crippen molar-refractivity contribution in [3.8, 4) is 0 Å². The van der Waals surface area contributed by atoms with E-state index in [1.165, 1.54) is 25.3 Å². The number of nitrogens with one attached hydrogen (secondary N) is 1. The predicted molar refractivity (Wildman–Crippen MR) is 79.0 cm³/mol. The molecule has 6 nitrogen and oxygen atoms in total. The van der Waals surface area contributed by atoms with Crippen molar-refractivity contribution >= 4 is 10.0 Å². The number of primary sulfonamides is 1. The fourth-order valence-corrected chi connectivity index (χ4v) is 3.45. The molecule has 21 heavy (non-hydrogen) atoms. The van der Waals surface area contributed by atoms with E-state index in [0.717, 1.165) is 12.8 Å². The van der Waals surface area contributed by atoms with Crippen molar-refractivity contribution < 1.29 is 17.9 Å². The van der Waals surface area contributed by atoms with E-state index < -0.39 is 10.0 Å². The van der Waals surface area contributed by atoms with Gasteiger partial charge >= 0.3 is 0 Å². The zero-order chi connectivity index (χ0) is 15.5. The first-order chi connectivity index (χ1) is 9.85. The molecule has 1 aromatic rings. The molecule has 1 fully saturated rings. The monoisotopic (exact) mass is 316 g/mol. The standard InChI is InChI=1S/C14H24N2O4S/c1-14(10-17,11-5-3-2-4-6-11)16-9-12-7-8-13(20-12)21(15,18)19/h7-8,11,16-17H,2-6,9-10H2,1H3,(H2,15,18,19)/t14-/m0/s1. The zero-order valence-electron chi connectivity index (χ0n) is 12.3. The average Bonchev–Trinajstić information content (AvgIpc) is 2.95. The maximum Gasteiger partial charge on any atom is 0.271 e. The van der Waals surface area contributed by atoms with Gasteiger partial charge in [-0.05, 0) is 37.8 Å². The second-order valence-corrected chi connectivity index (χ2v) is 7.52. The number of sulfonamides is 1. The molecular formula is C14H24N2O4S. The Balaban J connectivity index is 2.00. The van der Waals surface area contributed by atoms with Gasteiger partial charge in [0, 0.05) is 5.54 Å². The summed E-state index contributed by atoms with van der Waals surface area (Å²) in [5.74, 6) is 0.915. The number of hydrogen-bond donors (Lipinski definition) is 3. The van der Waals surface area contributed by atoms with Gasteiger partial charge in [-0.15, -0.1) is 0 Å². The summed E-state index contributed by atoms with van der Waals surface area (Å²) >= 11 is 0. The van der Waals surface area contributed by atoms with Crippen molar-refractivity contribution in [3.63, 3.8) is 0 Å². The number of furan rings is 1. The molecule has 0 aromatic carbocycles. The Morgan fingerprint density at radius 3 is 2.57 bits per heavy atom. The lowest BCUT2D eigenvalue weighted by atomic mass is 9.76. The van der Waals surface area contributed by atoms with Crippen LogP contribution >= 0.6 is 0 Å². The van der Waals surface area contributed by atoms with E-state index in [1.54, 1.807) is 6.07 Å². The molecular weight excluding hydrogens is 292 g/mol. The van der Waals surface area contributed by atoms with Crippen molar-refractivity contribution in [1.29, 1.82) is 0 Å². The van der Waals surface area contributed by atoms with E-state index in [2.05, 4.69) is 5.32 Å². The number of nitrogens with two attached hydrogens (primary N) is 1. The van der Waals surface area contributed by atoms with E-state index in [4.69, 9.17) is 9.56 Å². The third-order valence-electron chi connectivity index (χ3n) is 4.42. The van der Waals surface area contributed by atoms with Gasteiger partial charge < -0.3 is 14.8 Å². The Morgan fingerprint density at radius 1 is 1.38 bits per heavy atom. The number of hydrogen-bond acceptors (Lipinski definition) is 5. The van der Waals surface area contributed by atoms with E-state index >= 15 is 0 Å². The summed E-state index contributed by atoms with van der Waals surface area (Å²) in [6, 6.07) is 2.94. The molecule has 0 aliphatic heterocycles. The molecule has 120 valence electrons. The first-order valence-corrected chi connectivity index (χ1v) is 8.87. The van der Waals surface area contributed by atoms with Crippen LogP contribution in [0.5, 0.6) is 0 Å². The van der Waals surface area contributed by atoms with Crippen LogP contribution in [0.15, 0.2) is 21.6 Å². The van der Waals surface area contributed by atoms with Crippen molar-refractivity contribution in [2.24, 2.45) is 11.1 Å². The maximum absolute atomic E-state index is 11.2. The smallest absolute Gasteiger partial charge is 0.271 e. The zero-order valence-corrected chi connectivity index (χ0v) is 13.2. The van der Waals surface area contributed by atoms with Crippen LogP contribution in [0.25, 0.3) is 0 Å². The molecule has 0 spiro atoms. The van der Waals surface area contributed by atoms with E-state index in [0.29, 0.717) is 18.2 Å². The van der Waals surface area contributed by atoms with Gasteiger partial charge in [-0.25, -0.2) is 13.6 Å². The van der Waals surface area contributed by atoms with Crippen LogP contribution in [0.2, 0.25) is 0 Å². The second kappa shape index (κ2) is 6.48. The lowest BCUT2D eigenvalue weighted by Crippen LogP contribution is -2.52. The fourth-order valence-electron chi connectivity index (χ4n) is 2.96. The Labute approximate surface area is 125 Å². The predicted octanol–water partition coefficient (Wildman–Crippen LogP) is 1.35. The van der Waals surface area contributed by atoms with Crippen LogP contribution in [0.1, 0.15) is 44.8 Å². The highest BCUT2D eigenvalue weighted by atomic mass is 32.2. The molecule has 1 atom stereocenters. The minimum absolute atomic E-state index is 0.0421. The van der Waals surface area contributed by atoms with Crippen LogP contribution in [0, 0.1) is 5.92 Å². The molecule has 0 saturated heterocycles. The summed E-state index contributed by atoms with van der Waals surface area (Å²) in [6.45, 7) is 2.41. The van der Waals surface area contributed by atoms with E-state index in [1.807, 2.05) is 6.92 Å². The van der Waals surface area contributed by atoms with Gasteiger partial charge in [0.05, 0.1) is 13.2 Å². The molecule has 1 aliphatic rings. The summed E-state index contributed by atoms with van der Waals surface area (Å²) in [6.07, 6.45) is 5.85. The largest absolute Gasteiger partial charge is 0.447 e. The third-order valence-corrected chi connectivity index (χ3v) is 5.20. The molecule has 1 aliphatic carbocycles. The molecule has 4 N–H and O–H groups in total. The molecule has 1 heterocycles. The topological polar surface area (TPSA) is 106 Å². The van der Waals surface area contributed by atoms with Crippen LogP contribution in [0.3, 0.4) is 0 Å². The molecule has 1 saturated carbocycles. The third kappa shape index (κ3) is 4.06. The van der Waals surface area contributed by atoms with Gasteiger partial charge in [0.15, 0.2) is 0 Å². The van der Waals surface area contributed by atoms with Crippen molar-refractivity contribution in [3.05, 3.63) is 17.9 Å². The van der Waals surface area contributed by atoms with Crippen LogP contribution in [-0.2, 0) is 16.6 Å². The van der Waals surface area contributed by atoms with Crippen LogP contribution in [-0.4, -0.2) is 25.7 Å². The summed E-state index contributed by atoms with van der Waals surface area (Å²) in [5.41, 5.74) is -0.380. The summed E-state index contributed by atoms with van der Waals surface area (Å²) < 4.78 is 27.6. The van der Waals surface area contributed by atoms with Gasteiger partial charge in [-0.3, -0.25) is 0 Å². The van der Waals surface area contributed by atoms with Crippen LogP contribution in [0.4, 0.5) is 0 Å². The summed E-state index contributed by atoms with van der Waals surface area (Å²) in [7, 11) is -3.81. The number of aliphatic hydroxyl groups is 1. The molecule has 0 unspecified atom stereocenters. The van der Waals surface area contributed by atoms with Gasteiger partial charge in [0.25, 0.3) is 10.0 Å². The minimum Gasteiger partial charge on any atom is -0.447 e. The quantitative estimate of drug-likeness (QED) is 0.734. The Hall–Kier alpha value is -0.890. The highest BCUT2D eigenvalue weighted by Crippen LogP contribution is 2.32. The second-order valence-electron chi connectivity index (χ2n) is 6.03. The molecule has 7 heteroatoms. The van der Waals surface area contributed by atoms with E-state index in [9.17, 15) is 13.5 Å². The van der Waals surface area contributed by atoms with Gasteiger partial charge in [0.2, 0.25) is 5.09 Å². The highest BCUT2D eigenvalue weighted by molar-refractivity contribution is 7.89. The lowest BCUT2D eigenvalue weighted by molar-refractivity contribution is 0.0915. The van der Waals surface area contributed by atoms with Gasteiger partial charge in [-0.1, -0.05) is 19.3 Å². The SMILES string of the molecule is C[C@@](CO)(NCc1ccc(S(N)(=O)=O)o1)C1CCCCC1. The van der Waals surface area contributed by atoms with Crippen molar-refractivity contribution in [2.45, 2.75) is 56.2 Å². The number of aliphatic hydroxyl groups excluding tert-OH is 1. The van der Waals surface area contributed by atoms with E-state index in [-0.39, 0.29) is 17.2 Å². The van der Waals surface area contributed by atoms with Crippen molar-refractivity contribution in [1.82, 2.24) is 5.32 Å². The molecule has 0 bridgehead atoms. The highest BCUT2D eigenvalue weighted by Gasteiger charge is 2.34. The normalized spacial score (nSPS) is 20.3. The Bertz CT molecular complexity index is 563. The molecule has 1 aromatic heterocycles. The van der Waals surface area contributed by atoms with Crippen LogP contribution < -0.4 is 10.5 Å². The number of rotatable bonds is 6. The molecule has 0 amide bonds. The average molecular weight is 316 g/mol. The molecule has 0 radical (unpaired) electrons. The lowest BCUT2D eigenvalue weighted by Gasteiger charge is -2.39. The Morgan fingerprint density at radius 2 is 2.05 bits per heavy atom. The summed E-state index contributed by atoms with van der Waals surface area (Å²) in [4.78, 5) is 0. The first kappa shape index (κ1) is 16.5. The Kier molecular flexibility index (Phi) is 5.08. The van der Waals surface area contributed by atoms with Gasteiger partial charge in [-0.2, -0.15) is 0 Å². The maximum atomic E-state index is 11.2. The van der Waals surface area contributed by atoms with Crippen molar-refractivity contribution in [2.75, 3.05) is 6.61 Å². The van der Waals surface area contributed by atoms with Gasteiger partial charge in [0.1, 0.15) is 5.76 Å². The fraction of sp³-hybridized carbons (Fsp3) is 0.714. The molecule has 2 rings (SSSR count). The summed E-state index contributed by atoms with van der Waals surface area (Å²) in [5, 5.41) is 17.8.